The zero-order valence-electron chi connectivity index (χ0n) is 25.3. The predicted octanol–water partition coefficient (Wildman–Crippen LogP) is 7.69. The Morgan fingerprint density at radius 2 is 1.37 bits per heavy atom. The number of morpholine rings is 1. The number of carbonyl (C=O) groups is 1. The number of amides is 2. The molecule has 0 bridgehead atoms. The first-order valence-electron chi connectivity index (χ1n) is 15.4. The SMILES string of the molecule is O=C(Nc1ccc(CCNc2ncnc3oc(-c4ccccc4)c(-c4ccccc4)c23)cc1)Nc1ccc(N2CCOCC2)cc1. The Morgan fingerprint density at radius 1 is 0.739 bits per heavy atom. The van der Waals surface area contributed by atoms with Gasteiger partial charge in [-0.3, -0.25) is 0 Å². The second kappa shape index (κ2) is 13.5. The molecular weight excluding hydrogens is 576 g/mol. The summed E-state index contributed by atoms with van der Waals surface area (Å²) >= 11 is 0. The molecule has 3 N–H and O–H groups in total. The van der Waals surface area contributed by atoms with Gasteiger partial charge in [-0.05, 0) is 53.9 Å². The molecule has 0 radical (unpaired) electrons. The number of benzene rings is 4. The van der Waals surface area contributed by atoms with Crippen molar-refractivity contribution in [2.24, 2.45) is 0 Å². The maximum Gasteiger partial charge on any atom is 0.323 e. The van der Waals surface area contributed by atoms with Gasteiger partial charge in [-0.15, -0.1) is 0 Å². The van der Waals surface area contributed by atoms with Crippen LogP contribution in [0.15, 0.2) is 120 Å². The highest BCUT2D eigenvalue weighted by molar-refractivity contribution is 6.06. The minimum absolute atomic E-state index is 0.287. The van der Waals surface area contributed by atoms with E-state index in [1.807, 2.05) is 97.1 Å². The average Bonchev–Trinajstić information content (AvgIpc) is 3.51. The van der Waals surface area contributed by atoms with Gasteiger partial charge in [0.1, 0.15) is 17.9 Å². The Kier molecular flexibility index (Phi) is 8.55. The minimum Gasteiger partial charge on any atom is -0.437 e. The normalized spacial score (nSPS) is 13.0. The first-order chi connectivity index (χ1) is 22.7. The van der Waals surface area contributed by atoms with E-state index in [9.17, 15) is 4.79 Å². The molecule has 0 unspecified atom stereocenters. The first kappa shape index (κ1) is 29.1. The van der Waals surface area contributed by atoms with E-state index in [-0.39, 0.29) is 6.03 Å². The van der Waals surface area contributed by atoms with E-state index in [2.05, 4.69) is 43.0 Å². The van der Waals surface area contributed by atoms with Gasteiger partial charge in [-0.25, -0.2) is 14.8 Å². The van der Waals surface area contributed by atoms with Crippen molar-refractivity contribution in [1.82, 2.24) is 9.97 Å². The summed E-state index contributed by atoms with van der Waals surface area (Å²) in [5.74, 6) is 1.49. The van der Waals surface area contributed by atoms with Gasteiger partial charge in [0, 0.05) is 47.8 Å². The van der Waals surface area contributed by atoms with Crippen LogP contribution in [0.2, 0.25) is 0 Å². The molecule has 9 heteroatoms. The van der Waals surface area contributed by atoms with Crippen LogP contribution in [0.25, 0.3) is 33.6 Å². The lowest BCUT2D eigenvalue weighted by Crippen LogP contribution is -2.36. The second-order valence-electron chi connectivity index (χ2n) is 11.0. The summed E-state index contributed by atoms with van der Waals surface area (Å²) in [5.41, 5.74) is 7.23. The molecule has 0 spiro atoms. The van der Waals surface area contributed by atoms with Crippen molar-refractivity contribution >= 4 is 40.0 Å². The molecule has 1 fully saturated rings. The molecule has 9 nitrogen and oxygen atoms in total. The van der Waals surface area contributed by atoms with Crippen molar-refractivity contribution in [2.45, 2.75) is 6.42 Å². The number of ether oxygens (including phenoxy) is 1. The lowest BCUT2D eigenvalue weighted by atomic mass is 9.99. The number of fused-ring (bicyclic) bond motifs is 1. The Labute approximate surface area is 267 Å². The third-order valence-electron chi connectivity index (χ3n) is 8.01. The molecule has 2 aromatic heterocycles. The third-order valence-corrected chi connectivity index (χ3v) is 8.01. The van der Waals surface area contributed by atoms with Crippen LogP contribution in [0.1, 0.15) is 5.56 Å². The number of carbonyl (C=O) groups excluding carboxylic acids is 1. The van der Waals surface area contributed by atoms with E-state index in [4.69, 9.17) is 9.15 Å². The summed E-state index contributed by atoms with van der Waals surface area (Å²) in [6.45, 7) is 3.87. The fraction of sp³-hybridized carbons (Fsp3) is 0.162. The molecule has 46 heavy (non-hydrogen) atoms. The number of hydrogen-bond donors (Lipinski definition) is 3. The van der Waals surface area contributed by atoms with E-state index in [1.54, 1.807) is 0 Å². The predicted molar refractivity (Wildman–Crippen MR) is 183 cm³/mol. The van der Waals surface area contributed by atoms with E-state index >= 15 is 0 Å². The molecule has 0 atom stereocenters. The summed E-state index contributed by atoms with van der Waals surface area (Å²) in [6.07, 6.45) is 2.29. The van der Waals surface area contributed by atoms with Gasteiger partial charge >= 0.3 is 6.03 Å². The number of nitrogens with zero attached hydrogens (tertiary/aromatic N) is 3. The first-order valence-corrected chi connectivity index (χ1v) is 15.4. The smallest absolute Gasteiger partial charge is 0.323 e. The maximum atomic E-state index is 12.6. The summed E-state index contributed by atoms with van der Waals surface area (Å²) in [4.78, 5) is 24.0. The van der Waals surface area contributed by atoms with Crippen LogP contribution in [0.4, 0.5) is 27.7 Å². The van der Waals surface area contributed by atoms with Gasteiger partial charge in [0.2, 0.25) is 5.71 Å². The topological polar surface area (TPSA) is 105 Å². The number of hydrogen-bond acceptors (Lipinski definition) is 7. The maximum absolute atomic E-state index is 12.6. The van der Waals surface area contributed by atoms with Crippen molar-refractivity contribution in [1.29, 1.82) is 0 Å². The van der Waals surface area contributed by atoms with E-state index in [0.717, 1.165) is 89.0 Å². The number of urea groups is 1. The highest BCUT2D eigenvalue weighted by atomic mass is 16.5. The quantitative estimate of drug-likeness (QED) is 0.154. The summed E-state index contributed by atoms with van der Waals surface area (Å²) in [7, 11) is 0. The van der Waals surface area contributed by atoms with Crippen LogP contribution in [-0.2, 0) is 11.2 Å². The Balaban J connectivity index is 0.990. The molecular formula is C37H34N6O3. The van der Waals surface area contributed by atoms with Crippen LogP contribution in [0, 0.1) is 0 Å². The highest BCUT2D eigenvalue weighted by Gasteiger charge is 2.22. The summed E-state index contributed by atoms with van der Waals surface area (Å²) in [6, 6.07) is 35.7. The van der Waals surface area contributed by atoms with Gasteiger partial charge in [0.15, 0.2) is 0 Å². The van der Waals surface area contributed by atoms with Crippen molar-refractivity contribution in [3.63, 3.8) is 0 Å². The lowest BCUT2D eigenvalue weighted by molar-refractivity contribution is 0.122. The Hall–Kier alpha value is -5.67. The Morgan fingerprint density at radius 3 is 2.04 bits per heavy atom. The molecule has 0 saturated carbocycles. The van der Waals surface area contributed by atoms with Crippen LogP contribution in [0.3, 0.4) is 0 Å². The Bertz CT molecular complexity index is 1900. The van der Waals surface area contributed by atoms with Gasteiger partial charge in [-0.1, -0.05) is 72.8 Å². The van der Waals surface area contributed by atoms with Gasteiger partial charge in [0.05, 0.1) is 18.6 Å². The van der Waals surface area contributed by atoms with Crippen LogP contribution in [0.5, 0.6) is 0 Å². The fourth-order valence-corrected chi connectivity index (χ4v) is 5.69. The van der Waals surface area contributed by atoms with E-state index < -0.39 is 0 Å². The monoisotopic (exact) mass is 610 g/mol. The van der Waals surface area contributed by atoms with Crippen LogP contribution >= 0.6 is 0 Å². The molecule has 3 heterocycles. The van der Waals surface area contributed by atoms with E-state index in [1.165, 1.54) is 6.33 Å². The third kappa shape index (κ3) is 6.55. The fourth-order valence-electron chi connectivity index (χ4n) is 5.69. The van der Waals surface area contributed by atoms with Gasteiger partial charge in [0.25, 0.3) is 0 Å². The highest BCUT2D eigenvalue weighted by Crippen LogP contribution is 2.42. The molecule has 1 saturated heterocycles. The molecule has 7 rings (SSSR count). The molecule has 0 aliphatic carbocycles. The van der Waals surface area contributed by atoms with Gasteiger partial charge in [-0.2, -0.15) is 0 Å². The number of nitrogens with one attached hydrogen (secondary N) is 3. The minimum atomic E-state index is -0.287. The molecule has 1 aliphatic rings. The standard InChI is InChI=1S/C37H34N6O3/c44-37(42-30-15-17-31(18-16-30)43-21-23-45-24-22-43)41-29-13-11-26(12-14-29)19-20-38-35-33-32(27-7-3-1-4-8-27)34(28-9-5-2-6-10-28)46-36(33)40-25-39-35/h1-18,25H,19-24H2,(H,38,39,40)(H2,41,42,44). The van der Waals surface area contributed by atoms with Crippen LogP contribution in [-0.4, -0.2) is 48.8 Å². The molecule has 4 aromatic carbocycles. The zero-order chi connectivity index (χ0) is 31.1. The number of rotatable bonds is 9. The lowest BCUT2D eigenvalue weighted by Gasteiger charge is -2.28. The second-order valence-corrected chi connectivity index (χ2v) is 11.0. The molecule has 1 aliphatic heterocycles. The summed E-state index contributed by atoms with van der Waals surface area (Å²) < 4.78 is 11.7. The molecule has 230 valence electrons. The largest absolute Gasteiger partial charge is 0.437 e. The molecule has 6 aromatic rings. The van der Waals surface area contributed by atoms with Crippen LogP contribution < -0.4 is 20.9 Å². The van der Waals surface area contributed by atoms with E-state index in [0.29, 0.717) is 12.3 Å². The van der Waals surface area contributed by atoms with Crippen molar-refractivity contribution in [3.8, 4) is 22.5 Å². The summed E-state index contributed by atoms with van der Waals surface area (Å²) in [5, 5.41) is 10.2. The number of aromatic nitrogens is 2. The van der Waals surface area contributed by atoms with Gasteiger partial charge < -0.3 is 30.0 Å². The molecule has 2 amide bonds. The number of furan rings is 1. The van der Waals surface area contributed by atoms with Crippen molar-refractivity contribution in [2.75, 3.05) is 53.7 Å². The van der Waals surface area contributed by atoms with Crippen molar-refractivity contribution < 1.29 is 13.9 Å². The average molecular weight is 611 g/mol. The van der Waals surface area contributed by atoms with Crippen molar-refractivity contribution in [3.05, 3.63) is 121 Å². The zero-order valence-corrected chi connectivity index (χ0v) is 25.3. The number of anilines is 4.